The van der Waals surface area contributed by atoms with Crippen LogP contribution in [0.1, 0.15) is 53.4 Å². The van der Waals surface area contributed by atoms with Gasteiger partial charge in [-0.25, -0.2) is 9.59 Å². The topological polar surface area (TPSA) is 159 Å². The maximum Gasteiger partial charge on any atom is 0.329 e. The van der Waals surface area contributed by atoms with E-state index < -0.39 is 34.8 Å². The first-order valence-electron chi connectivity index (χ1n) is 7.71. The van der Waals surface area contributed by atoms with E-state index in [0.717, 1.165) is 0 Å². The lowest BCUT2D eigenvalue weighted by Gasteiger charge is -2.21. The number of carbonyl (C=O) groups is 4. The van der Waals surface area contributed by atoms with Crippen molar-refractivity contribution >= 4 is 45.5 Å². The smallest absolute Gasteiger partial charge is 0.329 e. The fraction of sp³-hybridized carbons (Fsp3) is 0.667. The van der Waals surface area contributed by atoms with Crippen molar-refractivity contribution in [1.82, 2.24) is 5.32 Å². The molecule has 9 nitrogen and oxygen atoms in total. The molecular weight excluding hydrogens is 398 g/mol. The van der Waals surface area contributed by atoms with Crippen LogP contribution < -0.4 is 11.1 Å². The minimum atomic E-state index is -1.20. The summed E-state index contributed by atoms with van der Waals surface area (Å²) in [6.07, 6.45) is 1.39. The number of carboxylic acid groups (broad SMARTS) is 2. The van der Waals surface area contributed by atoms with Crippen LogP contribution in [0.5, 0.6) is 0 Å². The summed E-state index contributed by atoms with van der Waals surface area (Å²) in [5.41, 5.74) is 5.45. The summed E-state index contributed by atoms with van der Waals surface area (Å²) >= 11 is 3.26. The van der Waals surface area contributed by atoms with Gasteiger partial charge >= 0.3 is 18.0 Å². The zero-order chi connectivity index (χ0) is 20.2. The fourth-order valence-corrected chi connectivity index (χ4v) is 1.61. The second kappa shape index (κ2) is 12.4. The van der Waals surface area contributed by atoms with Gasteiger partial charge in [-0.05, 0) is 26.2 Å². The van der Waals surface area contributed by atoms with Crippen molar-refractivity contribution in [2.24, 2.45) is 10.7 Å². The molecule has 0 aliphatic heterocycles. The first kappa shape index (κ1) is 25.3. The van der Waals surface area contributed by atoms with Gasteiger partial charge in [-0.1, -0.05) is 36.7 Å². The van der Waals surface area contributed by atoms with Gasteiger partial charge in [-0.3, -0.25) is 19.9 Å². The van der Waals surface area contributed by atoms with Gasteiger partial charge in [-0.15, -0.1) is 0 Å². The van der Waals surface area contributed by atoms with Crippen LogP contribution in [0.25, 0.3) is 0 Å². The van der Waals surface area contributed by atoms with E-state index in [4.69, 9.17) is 15.9 Å². The fourth-order valence-electron chi connectivity index (χ4n) is 1.51. The summed E-state index contributed by atoms with van der Waals surface area (Å²) in [6, 6.07) is -1.97. The molecule has 0 bridgehead atoms. The number of hydrogen-bond acceptors (Lipinski definition) is 5. The number of carbonyl (C=O) groups excluding carboxylic acids is 2. The number of alkyl halides is 1. The largest absolute Gasteiger partial charge is 0.481 e. The normalized spacial score (nSPS) is 12.4. The van der Waals surface area contributed by atoms with E-state index in [1.165, 1.54) is 0 Å². The Morgan fingerprint density at radius 3 is 1.92 bits per heavy atom. The number of primary amides is 1. The average molecular weight is 424 g/mol. The van der Waals surface area contributed by atoms with Gasteiger partial charge in [0.25, 0.3) is 0 Å². The molecule has 0 saturated carbocycles. The van der Waals surface area contributed by atoms with Crippen LogP contribution in [0.2, 0.25) is 0 Å². The molecule has 0 aliphatic carbocycles. The third-order valence-electron chi connectivity index (χ3n) is 3.31. The van der Waals surface area contributed by atoms with Crippen LogP contribution in [0.15, 0.2) is 4.99 Å². The van der Waals surface area contributed by atoms with Gasteiger partial charge in [0.1, 0.15) is 4.32 Å². The van der Waals surface area contributed by atoms with E-state index in [-0.39, 0.29) is 5.91 Å². The number of nitrogens with two attached hydrogens (primary N) is 1. The van der Waals surface area contributed by atoms with Crippen LogP contribution in [-0.4, -0.2) is 50.2 Å². The zero-order valence-electron chi connectivity index (χ0n) is 14.8. The van der Waals surface area contributed by atoms with Crippen molar-refractivity contribution in [3.8, 4) is 0 Å². The van der Waals surface area contributed by atoms with Crippen molar-refractivity contribution in [1.29, 1.82) is 0 Å². The number of halogens is 1. The number of rotatable bonds is 8. The van der Waals surface area contributed by atoms with E-state index >= 15 is 0 Å². The Kier molecular flexibility index (Phi) is 12.5. The molecule has 0 aromatic heterocycles. The Morgan fingerprint density at radius 2 is 1.64 bits per heavy atom. The van der Waals surface area contributed by atoms with Gasteiger partial charge in [0.15, 0.2) is 6.04 Å². The Bertz CT molecular complexity index is 517. The molecule has 0 heterocycles. The van der Waals surface area contributed by atoms with Gasteiger partial charge in [0, 0.05) is 5.71 Å². The highest BCUT2D eigenvalue weighted by atomic mass is 79.9. The van der Waals surface area contributed by atoms with Crippen molar-refractivity contribution in [3.63, 3.8) is 0 Å². The number of carboxylic acids is 2. The summed E-state index contributed by atoms with van der Waals surface area (Å²) < 4.78 is -0.665. The highest BCUT2D eigenvalue weighted by Gasteiger charge is 2.32. The number of nitrogens with zero attached hydrogens (tertiary/aromatic N) is 1. The Morgan fingerprint density at radius 1 is 1.16 bits per heavy atom. The second-order valence-corrected chi connectivity index (χ2v) is 6.68. The summed E-state index contributed by atoms with van der Waals surface area (Å²) in [4.78, 5) is 46.2. The first-order chi connectivity index (χ1) is 11.4. The number of aliphatic imine (C=N–C) groups is 1. The molecular formula is C15H26BrN3O6. The Balaban J connectivity index is 0. The van der Waals surface area contributed by atoms with E-state index in [1.807, 2.05) is 26.1 Å². The average Bonchev–Trinajstić information content (AvgIpc) is 2.52. The number of imide groups is 1. The Hall–Kier alpha value is -1.97. The predicted molar refractivity (Wildman–Crippen MR) is 97.0 cm³/mol. The van der Waals surface area contributed by atoms with Crippen LogP contribution in [0.4, 0.5) is 4.79 Å². The molecule has 144 valence electrons. The third kappa shape index (κ3) is 11.2. The number of aliphatic carboxylic acids is 2. The number of nitrogens with one attached hydrogen (secondary N) is 1. The molecule has 0 rings (SSSR count). The molecule has 0 saturated heterocycles. The number of hydrogen-bond donors (Lipinski definition) is 4. The molecule has 0 spiro atoms. The van der Waals surface area contributed by atoms with Crippen LogP contribution in [0.3, 0.4) is 0 Å². The number of amides is 3. The van der Waals surface area contributed by atoms with E-state index in [2.05, 4.69) is 20.9 Å². The SMILES string of the molecule is CC/C(C)=N\C(CC(=O)O)C(=O)O.CCC(Br)(CC)C(=O)NC(N)=O. The molecule has 1 unspecified atom stereocenters. The zero-order valence-corrected chi connectivity index (χ0v) is 16.4. The van der Waals surface area contributed by atoms with Gasteiger partial charge in [0.2, 0.25) is 5.91 Å². The lowest BCUT2D eigenvalue weighted by atomic mass is 10.0. The maximum absolute atomic E-state index is 11.3. The van der Waals surface area contributed by atoms with Crippen molar-refractivity contribution < 1.29 is 29.4 Å². The minimum absolute atomic E-state index is 0.375. The lowest BCUT2D eigenvalue weighted by molar-refractivity contribution is -0.144. The van der Waals surface area contributed by atoms with Gasteiger partial charge in [0.05, 0.1) is 6.42 Å². The lowest BCUT2D eigenvalue weighted by Crippen LogP contribution is -2.46. The highest BCUT2D eigenvalue weighted by molar-refractivity contribution is 9.10. The first-order valence-corrected chi connectivity index (χ1v) is 8.50. The Labute approximate surface area is 155 Å². The van der Waals surface area contributed by atoms with Crippen LogP contribution >= 0.6 is 15.9 Å². The molecule has 10 heteroatoms. The summed E-state index contributed by atoms with van der Waals surface area (Å²) in [5, 5.41) is 19.0. The highest BCUT2D eigenvalue weighted by Crippen LogP contribution is 2.26. The van der Waals surface area contributed by atoms with Crippen molar-refractivity contribution in [3.05, 3.63) is 0 Å². The summed E-state index contributed by atoms with van der Waals surface area (Å²) in [5.74, 6) is -2.73. The molecule has 0 aromatic rings. The van der Waals surface area contributed by atoms with Crippen LogP contribution in [0, 0.1) is 0 Å². The molecule has 0 aromatic carbocycles. The molecule has 5 N–H and O–H groups in total. The molecule has 25 heavy (non-hydrogen) atoms. The quantitative estimate of drug-likeness (QED) is 0.344. The predicted octanol–water partition coefficient (Wildman–Crippen LogP) is 1.92. The maximum atomic E-state index is 11.3. The van der Waals surface area contributed by atoms with Crippen LogP contribution in [-0.2, 0) is 14.4 Å². The van der Waals surface area contributed by atoms with E-state index in [1.54, 1.807) is 6.92 Å². The molecule has 0 fully saturated rings. The summed E-state index contributed by atoms with van der Waals surface area (Å²) in [7, 11) is 0. The van der Waals surface area contributed by atoms with E-state index in [9.17, 15) is 19.2 Å². The molecule has 3 amide bonds. The standard InChI is InChI=1S/C8H13NO4.C7H13BrN2O2/c1-3-5(2)9-6(8(12)13)4-7(10)11;1-3-7(8,4-2)5(11)10-6(9)12/h6H,3-4H2,1-2H3,(H,10,11)(H,12,13);3-4H2,1-2H3,(H3,9,10,11,12)/b9-5-;. The number of urea groups is 1. The minimum Gasteiger partial charge on any atom is -0.481 e. The van der Waals surface area contributed by atoms with Gasteiger partial charge < -0.3 is 15.9 Å². The van der Waals surface area contributed by atoms with Crippen molar-refractivity contribution in [2.45, 2.75) is 63.7 Å². The molecule has 1 atom stereocenters. The monoisotopic (exact) mass is 423 g/mol. The third-order valence-corrected chi connectivity index (χ3v) is 4.79. The summed E-state index contributed by atoms with van der Waals surface area (Å²) in [6.45, 7) is 7.23. The molecule has 0 radical (unpaired) electrons. The van der Waals surface area contributed by atoms with Gasteiger partial charge in [-0.2, -0.15) is 0 Å². The molecule has 0 aliphatic rings. The second-order valence-electron chi connectivity index (χ2n) is 5.16. The van der Waals surface area contributed by atoms with Crippen molar-refractivity contribution in [2.75, 3.05) is 0 Å². The van der Waals surface area contributed by atoms with E-state index in [0.29, 0.717) is 25.0 Å².